The van der Waals surface area contributed by atoms with Gasteiger partial charge in [0, 0.05) is 18.8 Å². The van der Waals surface area contributed by atoms with Crippen molar-refractivity contribution in [2.45, 2.75) is 25.3 Å². The molecule has 1 heterocycles. The van der Waals surface area contributed by atoms with Crippen LogP contribution in [0.1, 0.15) is 12.5 Å². The van der Waals surface area contributed by atoms with Crippen LogP contribution in [-0.4, -0.2) is 68.3 Å². The molecule has 31 heavy (non-hydrogen) atoms. The monoisotopic (exact) mass is 456 g/mol. The number of halogens is 6. The van der Waals surface area contributed by atoms with Crippen LogP contribution in [0, 0.1) is 0 Å². The third-order valence-corrected chi connectivity index (χ3v) is 4.62. The number of likely N-dealkylation sites (N-methyl/N-ethyl adjacent to an activating group) is 1. The van der Waals surface area contributed by atoms with Crippen LogP contribution in [0.2, 0.25) is 0 Å². The molecule has 1 aliphatic heterocycles. The Morgan fingerprint density at radius 1 is 1.29 bits per heavy atom. The van der Waals surface area contributed by atoms with Crippen molar-refractivity contribution in [3.8, 4) is 0 Å². The summed E-state index contributed by atoms with van der Waals surface area (Å²) in [5.74, 6) is -1.63. The molecule has 0 saturated carbocycles. The van der Waals surface area contributed by atoms with Crippen molar-refractivity contribution in [2.75, 3.05) is 49.6 Å². The van der Waals surface area contributed by atoms with Crippen molar-refractivity contribution >= 4 is 23.2 Å². The molecule has 3 N–H and O–H groups in total. The Labute approximate surface area is 174 Å². The number of anilines is 2. The molecule has 174 valence electrons. The Morgan fingerprint density at radius 3 is 2.48 bits per heavy atom. The van der Waals surface area contributed by atoms with Gasteiger partial charge in [-0.3, -0.25) is 14.5 Å². The normalized spacial score (nSPS) is 16.5. The SMILES string of the molecule is CCN(CC(F)(F)F)[C@@H](CN)C(=O)Nc1ccc(N2CCOCC2=O)cc1C(F)(F)F. The molecule has 2 amide bonds. The molecular weight excluding hydrogens is 434 g/mol. The lowest BCUT2D eigenvalue weighted by molar-refractivity contribution is -0.153. The number of hydrogen-bond acceptors (Lipinski definition) is 5. The molecule has 1 fully saturated rings. The van der Waals surface area contributed by atoms with E-state index in [1.54, 1.807) is 0 Å². The molecule has 1 saturated heterocycles. The molecule has 1 atom stereocenters. The second-order valence-electron chi connectivity index (χ2n) is 6.74. The maximum Gasteiger partial charge on any atom is 0.418 e. The highest BCUT2D eigenvalue weighted by molar-refractivity contribution is 5.98. The second-order valence-corrected chi connectivity index (χ2v) is 6.74. The Kier molecular flexibility index (Phi) is 7.89. The van der Waals surface area contributed by atoms with E-state index in [0.717, 1.165) is 15.9 Å². The first kappa shape index (κ1) is 24.9. The van der Waals surface area contributed by atoms with Gasteiger partial charge in [-0.2, -0.15) is 26.3 Å². The minimum Gasteiger partial charge on any atom is -0.370 e. The summed E-state index contributed by atoms with van der Waals surface area (Å²) < 4.78 is 84.0. The van der Waals surface area contributed by atoms with Crippen molar-refractivity contribution in [2.24, 2.45) is 5.73 Å². The Balaban J connectivity index is 2.32. The summed E-state index contributed by atoms with van der Waals surface area (Å²) in [7, 11) is 0. The van der Waals surface area contributed by atoms with Gasteiger partial charge in [-0.05, 0) is 24.7 Å². The van der Waals surface area contributed by atoms with Gasteiger partial charge < -0.3 is 20.7 Å². The standard InChI is InChI=1S/C18H22F6N4O3/c1-2-27(10-17(19,20)21)14(8-25)16(30)26-13-4-3-11(7-12(13)18(22,23)24)28-5-6-31-9-15(28)29/h3-4,7,14H,2,5-6,8-10,25H2,1H3,(H,26,30)/t14-/m0/s1. The number of alkyl halides is 6. The predicted molar refractivity (Wildman–Crippen MR) is 99.4 cm³/mol. The number of nitrogens with one attached hydrogen (secondary N) is 1. The first-order valence-corrected chi connectivity index (χ1v) is 9.28. The van der Waals surface area contributed by atoms with E-state index in [2.05, 4.69) is 0 Å². The number of benzene rings is 1. The van der Waals surface area contributed by atoms with E-state index in [1.165, 1.54) is 13.0 Å². The van der Waals surface area contributed by atoms with Gasteiger partial charge in [0.1, 0.15) is 12.6 Å². The average molecular weight is 456 g/mol. The fraction of sp³-hybridized carbons (Fsp3) is 0.556. The molecule has 1 aromatic carbocycles. The number of carbonyl (C=O) groups excluding carboxylic acids is 2. The van der Waals surface area contributed by atoms with Gasteiger partial charge in [-0.1, -0.05) is 6.92 Å². The van der Waals surface area contributed by atoms with E-state index < -0.39 is 54.5 Å². The fourth-order valence-electron chi connectivity index (χ4n) is 3.15. The van der Waals surface area contributed by atoms with Crippen LogP contribution in [0.5, 0.6) is 0 Å². The number of nitrogens with zero attached hydrogens (tertiary/aromatic N) is 2. The average Bonchev–Trinajstić information content (AvgIpc) is 2.66. The highest BCUT2D eigenvalue weighted by atomic mass is 19.4. The van der Waals surface area contributed by atoms with Crippen molar-refractivity contribution in [1.82, 2.24) is 4.90 Å². The van der Waals surface area contributed by atoms with Gasteiger partial charge in [0.25, 0.3) is 5.91 Å². The minimum absolute atomic E-state index is 0.0405. The highest BCUT2D eigenvalue weighted by Crippen LogP contribution is 2.37. The molecule has 1 aromatic rings. The molecule has 0 bridgehead atoms. The van der Waals surface area contributed by atoms with Crippen LogP contribution < -0.4 is 16.0 Å². The number of hydrogen-bond donors (Lipinski definition) is 2. The van der Waals surface area contributed by atoms with Crippen LogP contribution >= 0.6 is 0 Å². The third-order valence-electron chi connectivity index (χ3n) is 4.62. The maximum absolute atomic E-state index is 13.6. The molecular formula is C18H22F6N4O3. The van der Waals surface area contributed by atoms with E-state index in [9.17, 15) is 35.9 Å². The van der Waals surface area contributed by atoms with Crippen LogP contribution in [0.25, 0.3) is 0 Å². The Bertz CT molecular complexity index is 799. The summed E-state index contributed by atoms with van der Waals surface area (Å²) in [6.45, 7) is -0.865. The summed E-state index contributed by atoms with van der Waals surface area (Å²) in [5, 5.41) is 2.03. The van der Waals surface area contributed by atoms with Gasteiger partial charge >= 0.3 is 12.4 Å². The zero-order valence-corrected chi connectivity index (χ0v) is 16.5. The molecule has 0 radical (unpaired) electrons. The van der Waals surface area contributed by atoms with E-state index >= 15 is 0 Å². The molecule has 1 aliphatic rings. The molecule has 7 nitrogen and oxygen atoms in total. The van der Waals surface area contributed by atoms with E-state index in [0.29, 0.717) is 6.07 Å². The largest absolute Gasteiger partial charge is 0.418 e. The number of morpholine rings is 1. The zero-order valence-electron chi connectivity index (χ0n) is 16.5. The van der Waals surface area contributed by atoms with Crippen molar-refractivity contribution in [3.05, 3.63) is 23.8 Å². The fourth-order valence-corrected chi connectivity index (χ4v) is 3.15. The van der Waals surface area contributed by atoms with Gasteiger partial charge in [0.15, 0.2) is 0 Å². The summed E-state index contributed by atoms with van der Waals surface area (Å²) >= 11 is 0. The number of nitrogens with two attached hydrogens (primary N) is 1. The number of ether oxygens (including phenoxy) is 1. The predicted octanol–water partition coefficient (Wildman–Crippen LogP) is 2.22. The number of carbonyl (C=O) groups is 2. The number of amides is 2. The van der Waals surface area contributed by atoms with E-state index in [1.807, 2.05) is 5.32 Å². The third kappa shape index (κ3) is 6.55. The van der Waals surface area contributed by atoms with Gasteiger partial charge in [-0.25, -0.2) is 0 Å². The zero-order chi connectivity index (χ0) is 23.4. The van der Waals surface area contributed by atoms with E-state index in [4.69, 9.17) is 10.5 Å². The Hall–Kier alpha value is -2.38. The van der Waals surface area contributed by atoms with Crippen molar-refractivity contribution < 1.29 is 40.7 Å². The number of rotatable bonds is 7. The van der Waals surface area contributed by atoms with Gasteiger partial charge in [0.2, 0.25) is 5.91 Å². The minimum atomic E-state index is -4.90. The second kappa shape index (κ2) is 9.83. The lowest BCUT2D eigenvalue weighted by Gasteiger charge is -2.30. The summed E-state index contributed by atoms with van der Waals surface area (Å²) in [6, 6.07) is 1.36. The molecule has 13 heteroatoms. The van der Waals surface area contributed by atoms with Crippen LogP contribution in [0.4, 0.5) is 37.7 Å². The van der Waals surface area contributed by atoms with Crippen LogP contribution in [0.3, 0.4) is 0 Å². The van der Waals surface area contributed by atoms with Crippen LogP contribution in [0.15, 0.2) is 18.2 Å². The summed E-state index contributed by atoms with van der Waals surface area (Å²) in [5.41, 5.74) is 3.50. The smallest absolute Gasteiger partial charge is 0.370 e. The topological polar surface area (TPSA) is 87.9 Å². The first-order chi connectivity index (χ1) is 14.4. The maximum atomic E-state index is 13.6. The lowest BCUT2D eigenvalue weighted by Crippen LogP contribution is -2.51. The molecule has 0 unspecified atom stereocenters. The van der Waals surface area contributed by atoms with Gasteiger partial charge in [0.05, 0.1) is 24.4 Å². The highest BCUT2D eigenvalue weighted by Gasteiger charge is 2.38. The quantitative estimate of drug-likeness (QED) is 0.615. The molecule has 2 rings (SSSR count). The Morgan fingerprint density at radius 2 is 1.97 bits per heavy atom. The molecule has 0 aromatic heterocycles. The summed E-state index contributed by atoms with van der Waals surface area (Å²) in [6.07, 6.45) is -9.52. The summed E-state index contributed by atoms with van der Waals surface area (Å²) in [4.78, 5) is 26.3. The first-order valence-electron chi connectivity index (χ1n) is 9.28. The van der Waals surface area contributed by atoms with Gasteiger partial charge in [-0.15, -0.1) is 0 Å². The van der Waals surface area contributed by atoms with Crippen molar-refractivity contribution in [3.63, 3.8) is 0 Å². The molecule has 0 spiro atoms. The van der Waals surface area contributed by atoms with Crippen molar-refractivity contribution in [1.29, 1.82) is 0 Å². The molecule has 0 aliphatic carbocycles. The lowest BCUT2D eigenvalue weighted by atomic mass is 10.1. The van der Waals surface area contributed by atoms with E-state index in [-0.39, 0.29) is 32.0 Å². The van der Waals surface area contributed by atoms with Crippen LogP contribution in [-0.2, 0) is 20.5 Å².